The van der Waals surface area contributed by atoms with Crippen LogP contribution in [0.3, 0.4) is 0 Å². The number of esters is 1. The highest BCUT2D eigenvalue weighted by Gasteiger charge is 2.26. The van der Waals surface area contributed by atoms with Crippen molar-refractivity contribution in [2.45, 2.75) is 19.5 Å². The Morgan fingerprint density at radius 2 is 1.89 bits per heavy atom. The van der Waals surface area contributed by atoms with Gasteiger partial charge in [-0.05, 0) is 36.2 Å². The molecular weight excluding hydrogens is 464 g/mol. The lowest BCUT2D eigenvalue weighted by Crippen LogP contribution is -2.20. The van der Waals surface area contributed by atoms with Crippen LogP contribution in [0.1, 0.15) is 21.6 Å². The summed E-state index contributed by atoms with van der Waals surface area (Å²) in [6.07, 6.45) is 5.56. The van der Waals surface area contributed by atoms with Gasteiger partial charge < -0.3 is 33.8 Å². The minimum atomic E-state index is -0.580. The second kappa shape index (κ2) is 11.4. The molecule has 4 rings (SSSR count). The maximum Gasteiger partial charge on any atom is 0.356 e. The number of carbonyl (C=O) groups is 2. The number of hydrogen-bond acceptors (Lipinski definition) is 8. The summed E-state index contributed by atoms with van der Waals surface area (Å²) in [7, 11) is 4.35. The lowest BCUT2D eigenvalue weighted by Gasteiger charge is -2.11. The van der Waals surface area contributed by atoms with E-state index in [9.17, 15) is 9.59 Å². The van der Waals surface area contributed by atoms with Crippen LogP contribution in [-0.4, -0.2) is 49.4 Å². The van der Waals surface area contributed by atoms with Gasteiger partial charge in [-0.3, -0.25) is 4.79 Å². The number of aromatic nitrogens is 2. The third-order valence-corrected chi connectivity index (χ3v) is 5.68. The van der Waals surface area contributed by atoms with E-state index < -0.39 is 11.9 Å². The Bertz CT molecular complexity index is 1330. The number of benzene rings is 1. The molecule has 0 aliphatic carbocycles. The van der Waals surface area contributed by atoms with Crippen LogP contribution in [0.15, 0.2) is 59.5 Å². The van der Waals surface area contributed by atoms with Gasteiger partial charge in [0.2, 0.25) is 5.91 Å². The molecule has 0 aliphatic heterocycles. The van der Waals surface area contributed by atoms with Gasteiger partial charge in [0.05, 0.1) is 44.3 Å². The van der Waals surface area contributed by atoms with Crippen molar-refractivity contribution in [3.63, 3.8) is 0 Å². The van der Waals surface area contributed by atoms with E-state index in [0.717, 1.165) is 22.6 Å². The Morgan fingerprint density at radius 1 is 1.08 bits per heavy atom. The number of hydrogen-bond donors (Lipinski definition) is 2. The lowest BCUT2D eigenvalue weighted by atomic mass is 10.1. The molecule has 3 aromatic heterocycles. The topological polar surface area (TPSA) is 117 Å². The van der Waals surface area contributed by atoms with Crippen molar-refractivity contribution in [1.29, 1.82) is 0 Å². The van der Waals surface area contributed by atoms with Crippen molar-refractivity contribution < 1.29 is 28.2 Å². The maximum absolute atomic E-state index is 12.9. The van der Waals surface area contributed by atoms with Crippen molar-refractivity contribution >= 4 is 34.3 Å². The second-order valence-corrected chi connectivity index (χ2v) is 8.03. The third kappa shape index (κ3) is 5.49. The summed E-state index contributed by atoms with van der Waals surface area (Å²) in [5, 5.41) is 6.71. The molecule has 0 aliphatic rings. The Labute approximate surface area is 208 Å². The van der Waals surface area contributed by atoms with Crippen LogP contribution in [0.25, 0.3) is 11.0 Å². The molecule has 0 unspecified atom stereocenters. The van der Waals surface area contributed by atoms with Gasteiger partial charge in [0.1, 0.15) is 18.0 Å². The van der Waals surface area contributed by atoms with E-state index in [1.54, 1.807) is 30.4 Å². The zero-order valence-electron chi connectivity index (χ0n) is 20.4. The van der Waals surface area contributed by atoms with Crippen molar-refractivity contribution in [3.05, 3.63) is 71.9 Å². The average Bonchev–Trinajstić information content (AvgIpc) is 3.52. The van der Waals surface area contributed by atoms with Gasteiger partial charge in [0.25, 0.3) is 0 Å². The maximum atomic E-state index is 12.9. The number of amides is 1. The van der Waals surface area contributed by atoms with Crippen LogP contribution in [0.4, 0.5) is 11.4 Å². The first-order valence-electron chi connectivity index (χ1n) is 11.3. The normalized spacial score (nSPS) is 10.9. The highest BCUT2D eigenvalue weighted by atomic mass is 16.5. The number of carbonyl (C=O) groups excluding carboxylic acids is 2. The molecule has 4 aromatic rings. The quantitative estimate of drug-likeness (QED) is 0.303. The van der Waals surface area contributed by atoms with Gasteiger partial charge in [0, 0.05) is 31.1 Å². The molecule has 10 nitrogen and oxygen atoms in total. The van der Waals surface area contributed by atoms with Gasteiger partial charge in [-0.1, -0.05) is 12.1 Å². The molecule has 0 spiro atoms. The van der Waals surface area contributed by atoms with Gasteiger partial charge in [0.15, 0.2) is 5.69 Å². The van der Waals surface area contributed by atoms with E-state index in [2.05, 4.69) is 15.6 Å². The fraction of sp³-hybridized carbons (Fsp3) is 0.269. The molecule has 3 heterocycles. The standard InChI is InChI=1S/C26H28N4O6/c1-33-16-22(31)29-23-21-12-19(27-13-18-9-11-36-15-18)14-28-25(21)30(24(23)26(32)35-3)10-8-17-4-6-20(34-2)7-5-17/h4-7,9,11-12,14-15,27H,8,10,13,16H2,1-3H3,(H,29,31). The molecule has 0 atom stereocenters. The van der Waals surface area contributed by atoms with Crippen molar-refractivity contribution in [2.24, 2.45) is 0 Å². The Kier molecular flexibility index (Phi) is 7.86. The Morgan fingerprint density at radius 3 is 2.56 bits per heavy atom. The number of nitrogens with zero attached hydrogens (tertiary/aromatic N) is 2. The van der Waals surface area contributed by atoms with Crippen LogP contribution in [0.5, 0.6) is 5.75 Å². The van der Waals surface area contributed by atoms with E-state index in [4.69, 9.17) is 18.6 Å². The molecular formula is C26H28N4O6. The van der Waals surface area contributed by atoms with Gasteiger partial charge >= 0.3 is 5.97 Å². The minimum absolute atomic E-state index is 0.162. The number of furan rings is 1. The predicted molar refractivity (Wildman–Crippen MR) is 134 cm³/mol. The molecule has 36 heavy (non-hydrogen) atoms. The van der Waals surface area contributed by atoms with E-state index in [0.29, 0.717) is 36.2 Å². The molecule has 1 aromatic carbocycles. The largest absolute Gasteiger partial charge is 0.497 e. The fourth-order valence-electron chi connectivity index (χ4n) is 3.91. The van der Waals surface area contributed by atoms with E-state index >= 15 is 0 Å². The van der Waals surface area contributed by atoms with Crippen LogP contribution >= 0.6 is 0 Å². The van der Waals surface area contributed by atoms with Crippen molar-refractivity contribution in [1.82, 2.24) is 9.55 Å². The molecule has 0 radical (unpaired) electrons. The van der Waals surface area contributed by atoms with Crippen LogP contribution in [-0.2, 0) is 33.8 Å². The number of pyridine rings is 1. The molecule has 0 saturated heterocycles. The smallest absolute Gasteiger partial charge is 0.356 e. The summed E-state index contributed by atoms with van der Waals surface area (Å²) in [6.45, 7) is 0.796. The number of methoxy groups -OCH3 is 3. The zero-order valence-corrected chi connectivity index (χ0v) is 20.4. The number of rotatable bonds is 11. The molecule has 0 saturated carbocycles. The fourth-order valence-corrected chi connectivity index (χ4v) is 3.91. The van der Waals surface area contributed by atoms with E-state index in [1.165, 1.54) is 14.2 Å². The first-order chi connectivity index (χ1) is 17.5. The summed E-state index contributed by atoms with van der Waals surface area (Å²) in [5.41, 5.74) is 3.83. The van der Waals surface area contributed by atoms with Gasteiger partial charge in [-0.2, -0.15) is 0 Å². The summed E-state index contributed by atoms with van der Waals surface area (Å²) >= 11 is 0. The van der Waals surface area contributed by atoms with Gasteiger partial charge in [-0.25, -0.2) is 9.78 Å². The summed E-state index contributed by atoms with van der Waals surface area (Å²) in [5.74, 6) is -0.211. The van der Waals surface area contributed by atoms with E-state index in [1.807, 2.05) is 36.4 Å². The highest BCUT2D eigenvalue weighted by Crippen LogP contribution is 2.33. The first-order valence-corrected chi connectivity index (χ1v) is 11.3. The number of ether oxygens (including phenoxy) is 3. The first kappa shape index (κ1) is 24.8. The molecule has 1 amide bonds. The van der Waals surface area contributed by atoms with Crippen molar-refractivity contribution in [3.8, 4) is 5.75 Å². The summed E-state index contributed by atoms with van der Waals surface area (Å²) in [6, 6.07) is 11.4. The molecule has 188 valence electrons. The zero-order chi connectivity index (χ0) is 25.5. The van der Waals surface area contributed by atoms with E-state index in [-0.39, 0.29) is 12.3 Å². The van der Waals surface area contributed by atoms with Crippen LogP contribution in [0.2, 0.25) is 0 Å². The lowest BCUT2D eigenvalue weighted by molar-refractivity contribution is -0.119. The van der Waals surface area contributed by atoms with Gasteiger partial charge in [-0.15, -0.1) is 0 Å². The minimum Gasteiger partial charge on any atom is -0.497 e. The SMILES string of the molecule is COCC(=O)Nc1c(C(=O)OC)n(CCc2ccc(OC)cc2)c2ncc(NCc3ccoc3)cc12. The molecule has 0 fully saturated rings. The number of nitrogens with one attached hydrogen (secondary N) is 2. The summed E-state index contributed by atoms with van der Waals surface area (Å²) in [4.78, 5) is 30.0. The number of aryl methyl sites for hydroxylation is 2. The number of anilines is 2. The number of fused-ring (bicyclic) bond motifs is 1. The molecule has 2 N–H and O–H groups in total. The van der Waals surface area contributed by atoms with Crippen LogP contribution in [0, 0.1) is 0 Å². The second-order valence-electron chi connectivity index (χ2n) is 8.03. The average molecular weight is 493 g/mol. The molecule has 10 heteroatoms. The molecule has 0 bridgehead atoms. The Hall–Kier alpha value is -4.31. The monoisotopic (exact) mass is 492 g/mol. The van der Waals surface area contributed by atoms with Crippen molar-refractivity contribution in [2.75, 3.05) is 38.6 Å². The third-order valence-electron chi connectivity index (χ3n) is 5.68. The predicted octanol–water partition coefficient (Wildman–Crippen LogP) is 3.86. The highest BCUT2D eigenvalue weighted by molar-refractivity contribution is 6.11. The van der Waals surface area contributed by atoms with Crippen LogP contribution < -0.4 is 15.4 Å². The summed E-state index contributed by atoms with van der Waals surface area (Å²) < 4.78 is 22.2. The Balaban J connectivity index is 1.74.